The van der Waals surface area contributed by atoms with E-state index in [0.717, 1.165) is 13.0 Å². The van der Waals surface area contributed by atoms with Crippen LogP contribution >= 0.6 is 0 Å². The average molecular weight is 126 g/mol. The van der Waals surface area contributed by atoms with Crippen LogP contribution in [0.5, 0.6) is 0 Å². The Kier molecular flexibility index (Phi) is 2.06. The Morgan fingerprint density at radius 1 is 1.78 bits per heavy atom. The molecule has 0 aliphatic rings. The van der Waals surface area contributed by atoms with Crippen LogP contribution in [0.15, 0.2) is 4.52 Å². The summed E-state index contributed by atoms with van der Waals surface area (Å²) >= 11 is 0. The average Bonchev–Trinajstić information content (AvgIpc) is 2.34. The predicted octanol–water partition coefficient (Wildman–Crippen LogP) is 0.692. The van der Waals surface area contributed by atoms with Crippen LogP contribution < -0.4 is 5.32 Å². The summed E-state index contributed by atoms with van der Waals surface area (Å²) in [5.74, 6) is 0.511. The standard InChI is InChI=1S/C5H8N3O/c1-2-3-6-5-4-7-8-9-5/h6H,2-3H2,1H3. The van der Waals surface area contributed by atoms with Gasteiger partial charge in [0.2, 0.25) is 0 Å². The molecule has 0 aromatic carbocycles. The molecule has 9 heavy (non-hydrogen) atoms. The van der Waals surface area contributed by atoms with Crippen molar-refractivity contribution in [3.8, 4) is 0 Å². The van der Waals surface area contributed by atoms with Gasteiger partial charge in [0.15, 0.2) is 6.20 Å². The zero-order valence-corrected chi connectivity index (χ0v) is 5.22. The molecule has 0 saturated carbocycles. The first-order chi connectivity index (χ1) is 4.43. The maximum atomic E-state index is 4.61. The van der Waals surface area contributed by atoms with Crippen LogP contribution in [0.3, 0.4) is 0 Å². The molecule has 0 aliphatic carbocycles. The number of anilines is 1. The lowest BCUT2D eigenvalue weighted by molar-refractivity contribution is 0.403. The highest BCUT2D eigenvalue weighted by Gasteiger charge is 1.92. The molecule has 1 N–H and O–H groups in total. The fourth-order valence-electron chi connectivity index (χ4n) is 0.458. The van der Waals surface area contributed by atoms with Crippen LogP contribution in [0, 0.1) is 6.20 Å². The minimum Gasteiger partial charge on any atom is -0.352 e. The van der Waals surface area contributed by atoms with Gasteiger partial charge in [-0.3, -0.25) is 0 Å². The maximum absolute atomic E-state index is 4.61. The molecule has 1 radical (unpaired) electrons. The minimum atomic E-state index is 0.511. The third-order valence-corrected chi connectivity index (χ3v) is 0.860. The molecule has 1 rings (SSSR count). The molecule has 0 saturated heterocycles. The van der Waals surface area contributed by atoms with Crippen molar-refractivity contribution in [1.29, 1.82) is 0 Å². The normalized spacial score (nSPS) is 9.44. The highest BCUT2D eigenvalue weighted by Crippen LogP contribution is 1.98. The summed E-state index contributed by atoms with van der Waals surface area (Å²) in [5, 5.41) is 9.53. The fraction of sp³-hybridized carbons (Fsp3) is 0.600. The van der Waals surface area contributed by atoms with Crippen LogP contribution in [0.4, 0.5) is 5.88 Å². The number of aromatic nitrogens is 2. The monoisotopic (exact) mass is 126 g/mol. The lowest BCUT2D eigenvalue weighted by Crippen LogP contribution is -1.97. The molecule has 1 aromatic rings. The summed E-state index contributed by atoms with van der Waals surface area (Å²) in [6, 6.07) is 0. The van der Waals surface area contributed by atoms with Crippen molar-refractivity contribution in [1.82, 2.24) is 10.4 Å². The van der Waals surface area contributed by atoms with Crippen molar-refractivity contribution < 1.29 is 4.52 Å². The highest BCUT2D eigenvalue weighted by molar-refractivity contribution is 5.22. The van der Waals surface area contributed by atoms with Crippen LogP contribution in [0.1, 0.15) is 13.3 Å². The van der Waals surface area contributed by atoms with Crippen LogP contribution in [-0.2, 0) is 0 Å². The van der Waals surface area contributed by atoms with E-state index in [1.54, 1.807) is 0 Å². The van der Waals surface area contributed by atoms with E-state index in [2.05, 4.69) is 33.3 Å². The molecular weight excluding hydrogens is 118 g/mol. The van der Waals surface area contributed by atoms with Gasteiger partial charge in [-0.2, -0.15) is 0 Å². The van der Waals surface area contributed by atoms with E-state index in [1.807, 2.05) is 0 Å². The number of rotatable bonds is 3. The fourth-order valence-corrected chi connectivity index (χ4v) is 0.458. The molecule has 0 unspecified atom stereocenters. The Morgan fingerprint density at radius 2 is 2.67 bits per heavy atom. The molecule has 0 bridgehead atoms. The number of nitrogens with zero attached hydrogens (tertiary/aromatic N) is 2. The Morgan fingerprint density at radius 3 is 3.22 bits per heavy atom. The van der Waals surface area contributed by atoms with E-state index in [9.17, 15) is 0 Å². The highest BCUT2D eigenvalue weighted by atomic mass is 16.5. The molecule has 0 spiro atoms. The van der Waals surface area contributed by atoms with Gasteiger partial charge >= 0.3 is 0 Å². The van der Waals surface area contributed by atoms with Crippen molar-refractivity contribution in [2.24, 2.45) is 0 Å². The van der Waals surface area contributed by atoms with Crippen molar-refractivity contribution >= 4 is 5.88 Å². The second kappa shape index (κ2) is 3.06. The van der Waals surface area contributed by atoms with E-state index in [0.29, 0.717) is 5.88 Å². The van der Waals surface area contributed by atoms with Crippen LogP contribution in [-0.4, -0.2) is 16.9 Å². The SMILES string of the molecule is CCCNc1[c]nno1. The zero-order valence-electron chi connectivity index (χ0n) is 5.22. The van der Waals surface area contributed by atoms with Gasteiger partial charge in [-0.15, -0.1) is 5.10 Å². The van der Waals surface area contributed by atoms with Gasteiger partial charge in [0.05, 0.1) is 0 Å². The zero-order chi connectivity index (χ0) is 6.53. The second-order valence-corrected chi connectivity index (χ2v) is 1.64. The summed E-state index contributed by atoms with van der Waals surface area (Å²) in [6.07, 6.45) is 3.58. The second-order valence-electron chi connectivity index (χ2n) is 1.64. The van der Waals surface area contributed by atoms with Gasteiger partial charge in [-0.1, -0.05) is 6.92 Å². The molecule has 0 amide bonds. The van der Waals surface area contributed by atoms with Gasteiger partial charge < -0.3 is 9.84 Å². The lowest BCUT2D eigenvalue weighted by Gasteiger charge is -1.93. The summed E-state index contributed by atoms with van der Waals surface area (Å²) < 4.78 is 4.61. The summed E-state index contributed by atoms with van der Waals surface area (Å²) in [4.78, 5) is 0. The van der Waals surface area contributed by atoms with Gasteiger partial charge in [0, 0.05) is 11.8 Å². The van der Waals surface area contributed by atoms with Crippen LogP contribution in [0.25, 0.3) is 0 Å². The quantitative estimate of drug-likeness (QED) is 0.647. The van der Waals surface area contributed by atoms with E-state index in [4.69, 9.17) is 0 Å². The first-order valence-electron chi connectivity index (χ1n) is 2.87. The molecule has 1 aromatic heterocycles. The smallest absolute Gasteiger partial charge is 0.255 e. The van der Waals surface area contributed by atoms with Crippen molar-refractivity contribution in [3.05, 3.63) is 6.20 Å². The minimum absolute atomic E-state index is 0.511. The molecule has 0 atom stereocenters. The topological polar surface area (TPSA) is 51.0 Å². The van der Waals surface area contributed by atoms with Gasteiger partial charge in [-0.25, -0.2) is 0 Å². The Hall–Kier alpha value is -1.06. The van der Waals surface area contributed by atoms with Gasteiger partial charge in [-0.05, 0) is 6.42 Å². The van der Waals surface area contributed by atoms with E-state index < -0.39 is 0 Å². The molecule has 1 heterocycles. The van der Waals surface area contributed by atoms with Crippen molar-refractivity contribution in [2.75, 3.05) is 11.9 Å². The number of hydrogen-bond donors (Lipinski definition) is 1. The third-order valence-electron chi connectivity index (χ3n) is 0.860. The lowest BCUT2D eigenvalue weighted by atomic mass is 10.5. The van der Waals surface area contributed by atoms with E-state index in [-0.39, 0.29) is 0 Å². The molecule has 0 fully saturated rings. The Bertz CT molecular complexity index is 149. The number of hydrogen-bond acceptors (Lipinski definition) is 4. The number of nitrogens with one attached hydrogen (secondary N) is 1. The Labute approximate surface area is 53.2 Å². The molecular formula is C5H8N3O. The van der Waals surface area contributed by atoms with Gasteiger partial charge in [0.1, 0.15) is 0 Å². The molecule has 4 nitrogen and oxygen atoms in total. The maximum Gasteiger partial charge on any atom is 0.255 e. The first-order valence-corrected chi connectivity index (χ1v) is 2.87. The summed E-state index contributed by atoms with van der Waals surface area (Å²) in [7, 11) is 0. The van der Waals surface area contributed by atoms with Crippen LogP contribution in [0.2, 0.25) is 0 Å². The van der Waals surface area contributed by atoms with E-state index >= 15 is 0 Å². The first kappa shape index (κ1) is 6.07. The van der Waals surface area contributed by atoms with Gasteiger partial charge in [0.25, 0.3) is 5.88 Å². The summed E-state index contributed by atoms with van der Waals surface area (Å²) in [6.45, 7) is 2.93. The molecule has 49 valence electrons. The van der Waals surface area contributed by atoms with Crippen molar-refractivity contribution in [3.63, 3.8) is 0 Å². The third kappa shape index (κ3) is 1.71. The largest absolute Gasteiger partial charge is 0.352 e. The molecule has 4 heteroatoms. The van der Waals surface area contributed by atoms with E-state index in [1.165, 1.54) is 0 Å². The predicted molar refractivity (Wildman–Crippen MR) is 31.9 cm³/mol. The Balaban J connectivity index is 2.30. The molecule has 0 aliphatic heterocycles. The summed E-state index contributed by atoms with van der Waals surface area (Å²) in [5.41, 5.74) is 0. The van der Waals surface area contributed by atoms with Crippen molar-refractivity contribution in [2.45, 2.75) is 13.3 Å².